The minimum atomic E-state index is -0.403. The van der Waals surface area contributed by atoms with Gasteiger partial charge in [0.15, 0.2) is 11.6 Å². The normalized spacial score (nSPS) is 12.3. The van der Waals surface area contributed by atoms with Crippen molar-refractivity contribution in [1.29, 1.82) is 0 Å². The Morgan fingerprint density at radius 3 is 2.74 bits per heavy atom. The van der Waals surface area contributed by atoms with Crippen LogP contribution in [0.5, 0.6) is 5.75 Å². The van der Waals surface area contributed by atoms with Gasteiger partial charge in [-0.3, -0.25) is 0 Å². The van der Waals surface area contributed by atoms with E-state index < -0.39 is 5.82 Å². The number of benzene rings is 1. The number of ether oxygens (including phenoxy) is 1. The number of methoxy groups -OCH3 is 1. The molecule has 2 aromatic heterocycles. The molecule has 2 heterocycles. The first-order chi connectivity index (χ1) is 13.1. The standard InChI is InChI=1S/C21H27FN4O/c1-5-14(10-11-23-2)17-13-26(3)21-16(17)7-9-20(25-21)24-15-6-8-19(27-4)18(22)12-15/h6-9,12-14,23H,5,10-11H2,1-4H3,(H,24,25). The molecule has 144 valence electrons. The van der Waals surface area contributed by atoms with E-state index in [1.807, 2.05) is 20.2 Å². The topological polar surface area (TPSA) is 51.1 Å². The van der Waals surface area contributed by atoms with E-state index >= 15 is 0 Å². The largest absolute Gasteiger partial charge is 0.494 e. The van der Waals surface area contributed by atoms with Gasteiger partial charge in [0.05, 0.1) is 7.11 Å². The number of hydrogen-bond acceptors (Lipinski definition) is 4. The summed E-state index contributed by atoms with van der Waals surface area (Å²) >= 11 is 0. The van der Waals surface area contributed by atoms with Crippen molar-refractivity contribution >= 4 is 22.5 Å². The average molecular weight is 370 g/mol. The van der Waals surface area contributed by atoms with Gasteiger partial charge in [-0.05, 0) is 62.2 Å². The molecule has 0 spiro atoms. The third-order valence-electron chi connectivity index (χ3n) is 4.95. The van der Waals surface area contributed by atoms with Crippen LogP contribution in [0.1, 0.15) is 31.2 Å². The summed E-state index contributed by atoms with van der Waals surface area (Å²) in [6.07, 6.45) is 4.36. The van der Waals surface area contributed by atoms with Crippen LogP contribution in [-0.2, 0) is 7.05 Å². The molecule has 0 aliphatic heterocycles. The predicted octanol–water partition coefficient (Wildman–Crippen LogP) is 4.57. The maximum Gasteiger partial charge on any atom is 0.167 e. The second kappa shape index (κ2) is 8.39. The van der Waals surface area contributed by atoms with Gasteiger partial charge < -0.3 is 19.9 Å². The number of hydrogen-bond donors (Lipinski definition) is 2. The summed E-state index contributed by atoms with van der Waals surface area (Å²) in [4.78, 5) is 4.74. The number of anilines is 2. The van der Waals surface area contributed by atoms with Gasteiger partial charge in [-0.2, -0.15) is 0 Å². The van der Waals surface area contributed by atoms with E-state index in [9.17, 15) is 4.39 Å². The third-order valence-corrected chi connectivity index (χ3v) is 4.95. The third kappa shape index (κ3) is 4.06. The monoisotopic (exact) mass is 370 g/mol. The summed E-state index contributed by atoms with van der Waals surface area (Å²) in [5.74, 6) is 1.00. The lowest BCUT2D eigenvalue weighted by molar-refractivity contribution is 0.386. The zero-order valence-electron chi connectivity index (χ0n) is 16.3. The van der Waals surface area contributed by atoms with E-state index in [-0.39, 0.29) is 5.75 Å². The Hall–Kier alpha value is -2.60. The molecule has 0 saturated carbocycles. The molecule has 3 rings (SSSR count). The summed E-state index contributed by atoms with van der Waals surface area (Å²) < 4.78 is 20.9. The van der Waals surface area contributed by atoms with Gasteiger partial charge in [0.25, 0.3) is 0 Å². The Morgan fingerprint density at radius 2 is 2.07 bits per heavy atom. The number of pyridine rings is 1. The van der Waals surface area contributed by atoms with Gasteiger partial charge in [-0.25, -0.2) is 9.37 Å². The molecule has 2 N–H and O–H groups in total. The quantitative estimate of drug-likeness (QED) is 0.610. The van der Waals surface area contributed by atoms with E-state index in [0.717, 1.165) is 25.0 Å². The van der Waals surface area contributed by atoms with Crippen molar-refractivity contribution in [3.8, 4) is 5.75 Å². The molecule has 0 fully saturated rings. The van der Waals surface area contributed by atoms with Crippen LogP contribution >= 0.6 is 0 Å². The lowest BCUT2D eigenvalue weighted by Crippen LogP contribution is -2.11. The molecule has 5 nitrogen and oxygen atoms in total. The Labute approximate surface area is 159 Å². The highest BCUT2D eigenvalue weighted by Crippen LogP contribution is 2.32. The van der Waals surface area contributed by atoms with Gasteiger partial charge in [0.2, 0.25) is 0 Å². The molecule has 0 radical (unpaired) electrons. The first-order valence-electron chi connectivity index (χ1n) is 9.28. The van der Waals surface area contributed by atoms with Crippen molar-refractivity contribution < 1.29 is 9.13 Å². The van der Waals surface area contributed by atoms with Gasteiger partial charge in [-0.1, -0.05) is 6.92 Å². The molecule has 0 saturated heterocycles. The molecule has 1 unspecified atom stereocenters. The fraction of sp³-hybridized carbons (Fsp3) is 0.381. The van der Waals surface area contributed by atoms with Crippen LogP contribution in [0.2, 0.25) is 0 Å². The van der Waals surface area contributed by atoms with Gasteiger partial charge in [-0.15, -0.1) is 0 Å². The fourth-order valence-corrected chi connectivity index (χ4v) is 3.47. The van der Waals surface area contributed by atoms with Crippen LogP contribution < -0.4 is 15.4 Å². The maximum absolute atomic E-state index is 13.9. The highest BCUT2D eigenvalue weighted by atomic mass is 19.1. The van der Waals surface area contributed by atoms with Crippen molar-refractivity contribution in [3.63, 3.8) is 0 Å². The smallest absolute Gasteiger partial charge is 0.167 e. The van der Waals surface area contributed by atoms with E-state index in [4.69, 9.17) is 9.72 Å². The second-order valence-electron chi connectivity index (χ2n) is 6.73. The summed E-state index contributed by atoms with van der Waals surface area (Å²) in [6.45, 7) is 3.21. The summed E-state index contributed by atoms with van der Waals surface area (Å²) in [5.41, 5.74) is 2.89. The SMILES string of the molecule is CCC(CCNC)c1cn(C)c2nc(Nc3ccc(OC)c(F)c3)ccc12. The van der Waals surface area contributed by atoms with Crippen molar-refractivity contribution in [2.45, 2.75) is 25.7 Å². The van der Waals surface area contributed by atoms with Crippen molar-refractivity contribution in [2.75, 3.05) is 26.0 Å². The van der Waals surface area contributed by atoms with E-state index in [2.05, 4.69) is 34.4 Å². The molecular formula is C21H27FN4O. The van der Waals surface area contributed by atoms with Crippen LogP contribution in [0.15, 0.2) is 36.5 Å². The molecule has 0 aliphatic carbocycles. The summed E-state index contributed by atoms with van der Waals surface area (Å²) in [6, 6.07) is 8.83. The van der Waals surface area contributed by atoms with Gasteiger partial charge in [0.1, 0.15) is 11.5 Å². The van der Waals surface area contributed by atoms with Crippen LogP contribution in [-0.4, -0.2) is 30.3 Å². The number of aryl methyl sites for hydroxylation is 1. The zero-order valence-corrected chi connectivity index (χ0v) is 16.3. The lowest BCUT2D eigenvalue weighted by atomic mass is 9.93. The number of fused-ring (bicyclic) bond motifs is 1. The first-order valence-corrected chi connectivity index (χ1v) is 9.28. The van der Waals surface area contributed by atoms with Gasteiger partial charge >= 0.3 is 0 Å². The minimum Gasteiger partial charge on any atom is -0.494 e. The van der Waals surface area contributed by atoms with Crippen molar-refractivity contribution in [1.82, 2.24) is 14.9 Å². The molecule has 6 heteroatoms. The predicted molar refractivity (Wildman–Crippen MR) is 109 cm³/mol. The molecule has 0 amide bonds. The first kappa shape index (κ1) is 19.2. The van der Waals surface area contributed by atoms with Crippen LogP contribution in [0, 0.1) is 5.82 Å². The highest BCUT2D eigenvalue weighted by Gasteiger charge is 2.16. The number of aromatic nitrogens is 2. The van der Waals surface area contributed by atoms with E-state index in [0.29, 0.717) is 17.4 Å². The number of nitrogens with zero attached hydrogens (tertiary/aromatic N) is 2. The Morgan fingerprint density at radius 1 is 1.26 bits per heavy atom. The van der Waals surface area contributed by atoms with Crippen LogP contribution in [0.4, 0.5) is 15.9 Å². The number of halogens is 1. The minimum absolute atomic E-state index is 0.225. The molecule has 27 heavy (non-hydrogen) atoms. The zero-order chi connectivity index (χ0) is 19.4. The maximum atomic E-state index is 13.9. The number of nitrogens with one attached hydrogen (secondary N) is 2. The van der Waals surface area contributed by atoms with Crippen molar-refractivity contribution in [2.24, 2.45) is 7.05 Å². The lowest BCUT2D eigenvalue weighted by Gasteiger charge is -2.14. The number of rotatable bonds is 8. The molecule has 0 bridgehead atoms. The van der Waals surface area contributed by atoms with E-state index in [1.165, 1.54) is 24.1 Å². The van der Waals surface area contributed by atoms with Gasteiger partial charge in [0, 0.05) is 30.4 Å². The second-order valence-corrected chi connectivity index (χ2v) is 6.73. The van der Waals surface area contributed by atoms with Crippen LogP contribution in [0.3, 0.4) is 0 Å². The average Bonchev–Trinajstić information content (AvgIpc) is 2.99. The molecule has 1 aromatic carbocycles. The molecule has 0 aliphatic rings. The van der Waals surface area contributed by atoms with Crippen molar-refractivity contribution in [3.05, 3.63) is 47.9 Å². The Kier molecular flexibility index (Phi) is 5.96. The molecule has 1 atom stereocenters. The fourth-order valence-electron chi connectivity index (χ4n) is 3.47. The van der Waals surface area contributed by atoms with E-state index in [1.54, 1.807) is 12.1 Å². The Balaban J connectivity index is 1.89. The summed E-state index contributed by atoms with van der Waals surface area (Å²) in [5, 5.41) is 7.58. The molecular weight excluding hydrogens is 343 g/mol. The summed E-state index contributed by atoms with van der Waals surface area (Å²) in [7, 11) is 5.45. The molecule has 3 aromatic rings. The highest BCUT2D eigenvalue weighted by molar-refractivity contribution is 5.83. The Bertz CT molecular complexity index is 922. The van der Waals surface area contributed by atoms with Crippen LogP contribution in [0.25, 0.3) is 11.0 Å².